The Morgan fingerprint density at radius 3 is 1.86 bits per heavy atom. The number of hydrogen-bond donors (Lipinski definition) is 0. The maximum absolute atomic E-state index is 4.68. The van der Waals surface area contributed by atoms with E-state index in [2.05, 4.69) is 18.6 Å². The van der Waals surface area contributed by atoms with Crippen molar-refractivity contribution in [2.75, 3.05) is 7.11 Å². The molecule has 0 saturated heterocycles. The molecule has 0 aromatic rings. The molecule has 0 aliphatic carbocycles. The molecule has 0 amide bonds. The second kappa shape index (κ2) is 4.96. The molecule has 0 aliphatic rings. The van der Waals surface area contributed by atoms with Crippen LogP contribution in [-0.2, 0) is 4.74 Å². The Morgan fingerprint density at radius 1 is 1.43 bits per heavy atom. The van der Waals surface area contributed by atoms with Crippen molar-refractivity contribution in [3.8, 4) is 0 Å². The van der Waals surface area contributed by atoms with Gasteiger partial charge in [-0.2, -0.15) is 5.92 Å². The van der Waals surface area contributed by atoms with E-state index in [0.29, 0.717) is 5.92 Å². The topological polar surface area (TPSA) is 9.23 Å². The molecule has 0 unspecified atom stereocenters. The molecule has 2 heteroatoms. The monoisotopic (exact) mass is 354 g/mol. The van der Waals surface area contributed by atoms with Crippen molar-refractivity contribution in [1.29, 1.82) is 0 Å². The summed E-state index contributed by atoms with van der Waals surface area (Å²) in [5.74, 6) is 0.551. The van der Waals surface area contributed by atoms with Crippen molar-refractivity contribution in [2.45, 2.75) is 13.8 Å². The molecule has 0 spiro atoms. The average Bonchev–Trinajstić information content (AvgIpc) is 1.35. The predicted molar refractivity (Wildman–Crippen MR) is 26.1 cm³/mol. The molecule has 40 valence electrons. The first-order valence-electron chi connectivity index (χ1n) is 2.13. The molecule has 0 saturated carbocycles. The van der Waals surface area contributed by atoms with E-state index in [0.717, 1.165) is 0 Å². The Morgan fingerprint density at radius 2 is 1.86 bits per heavy atom. The summed E-state index contributed by atoms with van der Waals surface area (Å²) in [4.78, 5) is 0. The molecule has 0 aromatic carbocycles. The molecule has 0 radical (unpaired) electrons. The van der Waals surface area contributed by atoms with Crippen molar-refractivity contribution in [2.24, 2.45) is 5.92 Å². The minimum Gasteiger partial charge on any atom is -0.554 e. The van der Waals surface area contributed by atoms with Crippen LogP contribution in [0.25, 0.3) is 0 Å². The van der Waals surface area contributed by atoms with E-state index in [4.69, 9.17) is 0 Å². The predicted octanol–water partition coefficient (Wildman–Crippen LogP) is 1.45. The van der Waals surface area contributed by atoms with Crippen LogP contribution in [0.4, 0.5) is 0 Å². The molecular weight excluding hydrogens is 343 g/mol. The van der Waals surface area contributed by atoms with E-state index in [1.165, 1.54) is 0 Å². The SMILES string of the molecule is CO[CH-]C(C)C.[Rf]. The van der Waals surface area contributed by atoms with E-state index in [1.807, 2.05) is 0 Å². The van der Waals surface area contributed by atoms with Crippen LogP contribution in [0.15, 0.2) is 0 Å². The normalized spacial score (nSPS) is 8.57. The third kappa shape index (κ3) is 11.3. The molecule has 0 heterocycles. The first-order valence-corrected chi connectivity index (χ1v) is 2.13. The third-order valence-electron chi connectivity index (χ3n) is 0.408. The molecule has 0 fully saturated rings. The van der Waals surface area contributed by atoms with E-state index >= 15 is 0 Å². The van der Waals surface area contributed by atoms with E-state index in [9.17, 15) is 0 Å². The fourth-order valence-electron chi connectivity index (χ4n) is 0.272. The van der Waals surface area contributed by atoms with Crippen LogP contribution < -0.4 is 0 Å². The Balaban J connectivity index is 0. The molecule has 1 nitrogen and oxygen atoms in total. The van der Waals surface area contributed by atoms with Crippen molar-refractivity contribution >= 4 is 0 Å². The van der Waals surface area contributed by atoms with Crippen LogP contribution in [0.3, 0.4) is 0 Å². The van der Waals surface area contributed by atoms with Crippen LogP contribution in [-0.4, -0.2) is 7.11 Å². The summed E-state index contributed by atoms with van der Waals surface area (Å²) in [6.07, 6.45) is 0. The van der Waals surface area contributed by atoms with Gasteiger partial charge in [-0.1, -0.05) is 13.8 Å². The van der Waals surface area contributed by atoms with Gasteiger partial charge in [0.1, 0.15) is 0 Å². The Labute approximate surface area is 39.3 Å². The number of ether oxygens (including phenoxy) is 1. The van der Waals surface area contributed by atoms with Gasteiger partial charge >= 0.3 is 0 Å². The summed E-state index contributed by atoms with van der Waals surface area (Å²) in [7, 11) is 1.67. The average molecular weight is 354 g/mol. The fourth-order valence-corrected chi connectivity index (χ4v) is 0.272. The van der Waals surface area contributed by atoms with Gasteiger partial charge in [-0.15, -0.1) is 0 Å². The van der Waals surface area contributed by atoms with Gasteiger partial charge in [-0.05, 0) is 7.11 Å². The first-order chi connectivity index (χ1) is 2.77. The van der Waals surface area contributed by atoms with Crippen LogP contribution in [0, 0.1) is 12.5 Å². The van der Waals surface area contributed by atoms with Gasteiger partial charge in [0.15, 0.2) is 0 Å². The number of hydrogen-bond acceptors (Lipinski definition) is 1. The summed E-state index contributed by atoms with van der Waals surface area (Å²) >= 11 is 0. The molecule has 0 bridgehead atoms. The number of rotatable bonds is 2. The summed E-state index contributed by atoms with van der Waals surface area (Å²) in [5, 5.41) is 0. The van der Waals surface area contributed by atoms with Gasteiger partial charge < -0.3 is 4.74 Å². The van der Waals surface area contributed by atoms with Gasteiger partial charge in [-0.25, -0.2) is 6.61 Å². The maximum atomic E-state index is 4.68. The molecule has 7 heavy (non-hydrogen) atoms. The Bertz CT molecular complexity index is 29.3. The summed E-state index contributed by atoms with van der Waals surface area (Å²) in [6.45, 7) is 5.94. The van der Waals surface area contributed by atoms with Crippen molar-refractivity contribution < 1.29 is 4.74 Å². The molecule has 0 aliphatic heterocycles. The smallest absolute Gasteiger partial charge is 0 e. The van der Waals surface area contributed by atoms with Gasteiger partial charge in [0.2, 0.25) is 0 Å². The summed E-state index contributed by atoms with van der Waals surface area (Å²) in [6, 6.07) is 0. The van der Waals surface area contributed by atoms with Gasteiger partial charge in [0.05, 0.1) is 0 Å². The van der Waals surface area contributed by atoms with Crippen LogP contribution in [0.1, 0.15) is 13.8 Å². The van der Waals surface area contributed by atoms with Gasteiger partial charge in [0, 0.05) is 0 Å². The van der Waals surface area contributed by atoms with E-state index in [-0.39, 0.29) is 0 Å². The molecule has 0 atom stereocenters. The van der Waals surface area contributed by atoms with Gasteiger partial charge in [-0.3, -0.25) is 0 Å². The van der Waals surface area contributed by atoms with Crippen LogP contribution in [0.2, 0.25) is 0 Å². The zero-order chi connectivity index (χ0) is 4.99. The molecule has 0 N–H and O–H groups in total. The minimum atomic E-state index is 0. The Hall–Kier alpha value is -1.04. The minimum absolute atomic E-state index is 0. The number of methoxy groups -OCH3 is 1. The van der Waals surface area contributed by atoms with Crippen LogP contribution in [0.5, 0.6) is 0 Å². The second-order valence-corrected chi connectivity index (χ2v) is 1.62. The van der Waals surface area contributed by atoms with Crippen molar-refractivity contribution in [1.82, 2.24) is 0 Å². The zero-order valence-corrected chi connectivity index (χ0v) is 11.7. The zero-order valence-electron chi connectivity index (χ0n) is 5.27. The molecular formula is C5H11ORf-. The van der Waals surface area contributed by atoms with E-state index in [1.54, 1.807) is 13.7 Å². The Kier molecular flexibility index (Phi) is 6.63. The third-order valence-corrected chi connectivity index (χ3v) is 0.408. The summed E-state index contributed by atoms with van der Waals surface area (Å²) < 4.78 is 4.68. The summed E-state index contributed by atoms with van der Waals surface area (Å²) in [5.41, 5.74) is 0. The standard InChI is InChI=1S/C5H11O.Rf/c1-5(2)4-6-3;/h4-5H,1-3H3;/q-1;. The van der Waals surface area contributed by atoms with Crippen molar-refractivity contribution in [3.63, 3.8) is 0 Å². The van der Waals surface area contributed by atoms with Crippen molar-refractivity contribution in [3.05, 3.63) is 6.61 Å². The molecule has 0 rings (SSSR count). The maximum Gasteiger partial charge on any atom is 0 e. The van der Waals surface area contributed by atoms with E-state index < -0.39 is 0 Å². The molecule has 0 aromatic heterocycles. The fraction of sp³-hybridized carbons (Fsp3) is 0.800. The first kappa shape index (κ1) is 9.35. The largest absolute Gasteiger partial charge is 0.554 e. The quantitative estimate of drug-likeness (QED) is 0.683. The van der Waals surface area contributed by atoms with Gasteiger partial charge in [0.25, 0.3) is 0 Å². The van der Waals surface area contributed by atoms with Crippen LogP contribution >= 0.6 is 0 Å². The second-order valence-electron chi connectivity index (χ2n) is 1.62.